The molecule has 0 aromatic heterocycles. The van der Waals surface area contributed by atoms with Crippen molar-refractivity contribution in [3.05, 3.63) is 35.4 Å². The van der Waals surface area contributed by atoms with Crippen LogP contribution in [-0.4, -0.2) is 17.6 Å². The standard InChI is InChI=1S/C11H11F2NO2/c1-6(15)10(14)5-11(16)7-2-3-8(12)9(13)4-7/h2-4,10H,5,14H2,1H3. The van der Waals surface area contributed by atoms with Gasteiger partial charge in [-0.05, 0) is 25.1 Å². The summed E-state index contributed by atoms with van der Waals surface area (Å²) in [7, 11) is 0. The van der Waals surface area contributed by atoms with Crippen LogP contribution in [0.3, 0.4) is 0 Å². The monoisotopic (exact) mass is 227 g/mol. The smallest absolute Gasteiger partial charge is 0.164 e. The first kappa shape index (κ1) is 12.4. The minimum absolute atomic E-state index is 0.00981. The fourth-order valence-electron chi connectivity index (χ4n) is 1.13. The van der Waals surface area contributed by atoms with Crippen molar-refractivity contribution in [3.63, 3.8) is 0 Å². The maximum atomic E-state index is 12.8. The Morgan fingerprint density at radius 1 is 1.31 bits per heavy atom. The van der Waals surface area contributed by atoms with Gasteiger partial charge >= 0.3 is 0 Å². The molecule has 0 aliphatic carbocycles. The summed E-state index contributed by atoms with van der Waals surface area (Å²) in [5.41, 5.74) is 5.39. The lowest BCUT2D eigenvalue weighted by Crippen LogP contribution is -2.31. The number of halogens is 2. The second kappa shape index (κ2) is 4.94. The Hall–Kier alpha value is -1.62. The zero-order valence-electron chi connectivity index (χ0n) is 8.67. The zero-order valence-corrected chi connectivity index (χ0v) is 8.67. The van der Waals surface area contributed by atoms with Crippen LogP contribution in [0.5, 0.6) is 0 Å². The molecule has 0 amide bonds. The van der Waals surface area contributed by atoms with Gasteiger partial charge in [0.25, 0.3) is 0 Å². The van der Waals surface area contributed by atoms with Crippen LogP contribution in [0.4, 0.5) is 8.78 Å². The van der Waals surface area contributed by atoms with E-state index in [0.717, 1.165) is 18.2 Å². The molecule has 0 radical (unpaired) electrons. The van der Waals surface area contributed by atoms with E-state index in [4.69, 9.17) is 5.73 Å². The molecule has 0 aliphatic heterocycles. The Bertz CT molecular complexity index is 432. The normalized spacial score (nSPS) is 12.2. The number of benzene rings is 1. The third kappa shape index (κ3) is 2.93. The number of carbonyl (C=O) groups excluding carboxylic acids is 2. The van der Waals surface area contributed by atoms with Gasteiger partial charge in [-0.1, -0.05) is 0 Å². The summed E-state index contributed by atoms with van der Waals surface area (Å²) < 4.78 is 25.4. The maximum Gasteiger partial charge on any atom is 0.164 e. The first-order valence-electron chi connectivity index (χ1n) is 4.66. The summed E-state index contributed by atoms with van der Waals surface area (Å²) in [4.78, 5) is 22.3. The number of carbonyl (C=O) groups is 2. The minimum Gasteiger partial charge on any atom is -0.321 e. The van der Waals surface area contributed by atoms with Gasteiger partial charge in [-0.2, -0.15) is 0 Å². The van der Waals surface area contributed by atoms with Crippen molar-refractivity contribution in [2.24, 2.45) is 5.73 Å². The van der Waals surface area contributed by atoms with E-state index < -0.39 is 23.5 Å². The van der Waals surface area contributed by atoms with Crippen LogP contribution in [0.2, 0.25) is 0 Å². The number of ketones is 2. The van der Waals surface area contributed by atoms with E-state index in [-0.39, 0.29) is 17.8 Å². The van der Waals surface area contributed by atoms with E-state index in [1.165, 1.54) is 6.92 Å². The van der Waals surface area contributed by atoms with Crippen molar-refractivity contribution < 1.29 is 18.4 Å². The van der Waals surface area contributed by atoms with Gasteiger partial charge in [-0.3, -0.25) is 9.59 Å². The van der Waals surface area contributed by atoms with Gasteiger partial charge < -0.3 is 5.73 Å². The van der Waals surface area contributed by atoms with Crippen molar-refractivity contribution >= 4 is 11.6 Å². The molecule has 0 heterocycles. The molecule has 0 saturated carbocycles. The third-order valence-electron chi connectivity index (χ3n) is 2.17. The molecule has 16 heavy (non-hydrogen) atoms. The molecule has 2 N–H and O–H groups in total. The second-order valence-electron chi connectivity index (χ2n) is 3.47. The number of hydrogen-bond donors (Lipinski definition) is 1. The largest absolute Gasteiger partial charge is 0.321 e. The second-order valence-corrected chi connectivity index (χ2v) is 3.47. The first-order valence-corrected chi connectivity index (χ1v) is 4.66. The molecule has 1 rings (SSSR count). The lowest BCUT2D eigenvalue weighted by atomic mass is 10.0. The van der Waals surface area contributed by atoms with Crippen LogP contribution in [0, 0.1) is 11.6 Å². The molecular weight excluding hydrogens is 216 g/mol. The van der Waals surface area contributed by atoms with Crippen molar-refractivity contribution in [1.82, 2.24) is 0 Å². The third-order valence-corrected chi connectivity index (χ3v) is 2.17. The summed E-state index contributed by atoms with van der Waals surface area (Å²) in [6.07, 6.45) is -0.208. The SMILES string of the molecule is CC(=O)C(N)CC(=O)c1ccc(F)c(F)c1. The molecule has 5 heteroatoms. The van der Waals surface area contributed by atoms with E-state index in [0.29, 0.717) is 0 Å². The Balaban J connectivity index is 2.81. The number of nitrogens with two attached hydrogens (primary N) is 1. The quantitative estimate of drug-likeness (QED) is 0.792. The summed E-state index contributed by atoms with van der Waals surface area (Å²) in [5.74, 6) is -2.92. The summed E-state index contributed by atoms with van der Waals surface area (Å²) in [6, 6.07) is 1.92. The number of Topliss-reactive ketones (excluding diaryl/α,β-unsaturated/α-hetero) is 2. The molecule has 3 nitrogen and oxygen atoms in total. The lowest BCUT2D eigenvalue weighted by Gasteiger charge is -2.06. The van der Waals surface area contributed by atoms with Crippen LogP contribution >= 0.6 is 0 Å². The predicted molar refractivity (Wildman–Crippen MR) is 54.0 cm³/mol. The highest BCUT2D eigenvalue weighted by Gasteiger charge is 2.16. The van der Waals surface area contributed by atoms with Crippen LogP contribution < -0.4 is 5.73 Å². The lowest BCUT2D eigenvalue weighted by molar-refractivity contribution is -0.118. The molecule has 1 unspecified atom stereocenters. The van der Waals surface area contributed by atoms with Gasteiger partial charge in [0.05, 0.1) is 6.04 Å². The molecular formula is C11H11F2NO2. The van der Waals surface area contributed by atoms with Crippen LogP contribution in [-0.2, 0) is 4.79 Å². The molecule has 1 aromatic carbocycles. The molecule has 1 aromatic rings. The Morgan fingerprint density at radius 2 is 1.94 bits per heavy atom. The van der Waals surface area contributed by atoms with Gasteiger partial charge in [-0.25, -0.2) is 8.78 Å². The fourth-order valence-corrected chi connectivity index (χ4v) is 1.13. The molecule has 0 saturated heterocycles. The van der Waals surface area contributed by atoms with Gasteiger partial charge in [0.1, 0.15) is 5.78 Å². The Kier molecular flexibility index (Phi) is 3.84. The number of hydrogen-bond acceptors (Lipinski definition) is 3. The summed E-state index contributed by atoms with van der Waals surface area (Å²) in [5, 5.41) is 0. The van der Waals surface area contributed by atoms with E-state index in [1.54, 1.807) is 0 Å². The van der Waals surface area contributed by atoms with Crippen molar-refractivity contribution in [3.8, 4) is 0 Å². The topological polar surface area (TPSA) is 60.2 Å². The van der Waals surface area contributed by atoms with Crippen LogP contribution in [0.1, 0.15) is 23.7 Å². The van der Waals surface area contributed by atoms with Crippen LogP contribution in [0.15, 0.2) is 18.2 Å². The van der Waals surface area contributed by atoms with E-state index in [2.05, 4.69) is 0 Å². The summed E-state index contributed by atoms with van der Waals surface area (Å²) >= 11 is 0. The molecule has 0 bridgehead atoms. The van der Waals surface area contributed by atoms with Crippen LogP contribution in [0.25, 0.3) is 0 Å². The molecule has 0 fully saturated rings. The molecule has 86 valence electrons. The van der Waals surface area contributed by atoms with Gasteiger partial charge in [-0.15, -0.1) is 0 Å². The minimum atomic E-state index is -1.10. The van der Waals surface area contributed by atoms with Gasteiger partial charge in [0, 0.05) is 12.0 Å². The highest BCUT2D eigenvalue weighted by molar-refractivity contribution is 5.99. The molecule has 0 aliphatic rings. The molecule has 0 spiro atoms. The molecule has 1 atom stereocenters. The number of rotatable bonds is 4. The van der Waals surface area contributed by atoms with E-state index >= 15 is 0 Å². The Labute approximate surface area is 91.3 Å². The van der Waals surface area contributed by atoms with Crippen molar-refractivity contribution in [2.75, 3.05) is 0 Å². The van der Waals surface area contributed by atoms with Crippen molar-refractivity contribution in [2.45, 2.75) is 19.4 Å². The highest BCUT2D eigenvalue weighted by atomic mass is 19.2. The average Bonchev–Trinajstić information content (AvgIpc) is 2.21. The van der Waals surface area contributed by atoms with E-state index in [1.807, 2.05) is 0 Å². The van der Waals surface area contributed by atoms with Gasteiger partial charge in [0.15, 0.2) is 17.4 Å². The van der Waals surface area contributed by atoms with E-state index in [9.17, 15) is 18.4 Å². The van der Waals surface area contributed by atoms with Crippen molar-refractivity contribution in [1.29, 1.82) is 0 Å². The maximum absolute atomic E-state index is 12.8. The summed E-state index contributed by atoms with van der Waals surface area (Å²) in [6.45, 7) is 1.27. The highest BCUT2D eigenvalue weighted by Crippen LogP contribution is 2.11. The zero-order chi connectivity index (χ0) is 12.3. The predicted octanol–water partition coefficient (Wildman–Crippen LogP) is 1.45. The Morgan fingerprint density at radius 3 is 2.44 bits per heavy atom. The average molecular weight is 227 g/mol. The van der Waals surface area contributed by atoms with Gasteiger partial charge in [0.2, 0.25) is 0 Å². The fraction of sp³-hybridized carbons (Fsp3) is 0.273. The first-order chi connectivity index (χ1) is 7.41.